The Kier molecular flexibility index (Phi) is 4.88. The van der Waals surface area contributed by atoms with Crippen molar-refractivity contribution < 1.29 is 13.2 Å². The largest absolute Gasteiger partial charge is 0.496 e. The maximum atomic E-state index is 12.4. The van der Waals surface area contributed by atoms with E-state index >= 15 is 0 Å². The lowest BCUT2D eigenvalue weighted by Crippen LogP contribution is -2.22. The van der Waals surface area contributed by atoms with Crippen molar-refractivity contribution in [2.45, 2.75) is 10.9 Å². The fraction of sp³-hybridized carbons (Fsp3) is 0.200. The van der Waals surface area contributed by atoms with E-state index in [4.69, 9.17) is 22.1 Å². The van der Waals surface area contributed by atoms with E-state index in [1.165, 1.54) is 19.2 Å². The summed E-state index contributed by atoms with van der Waals surface area (Å²) < 4.78 is 29.9. The number of halogens is 1. The number of rotatable bonds is 5. The summed E-state index contributed by atoms with van der Waals surface area (Å²) in [5.41, 5.74) is 6.70. The first kappa shape index (κ1) is 15.8. The second-order valence-corrected chi connectivity index (χ2v) is 7.05. The fourth-order valence-corrected chi connectivity index (χ4v) is 3.56. The second kappa shape index (κ2) is 6.47. The summed E-state index contributed by atoms with van der Waals surface area (Å²) >= 11 is 5.77. The number of ether oxygens (including phenoxy) is 1. The molecule has 0 saturated carbocycles. The third-order valence-corrected chi connectivity index (χ3v) is 5.15. The van der Waals surface area contributed by atoms with E-state index in [1.807, 2.05) is 6.07 Å². The Morgan fingerprint density at radius 3 is 2.38 bits per heavy atom. The van der Waals surface area contributed by atoms with Crippen LogP contribution in [0, 0.1) is 0 Å². The Bertz CT molecular complexity index is 714. The third kappa shape index (κ3) is 3.75. The Morgan fingerprint density at radius 2 is 1.76 bits per heavy atom. The molecule has 21 heavy (non-hydrogen) atoms. The molecule has 0 aliphatic carbocycles. The zero-order valence-electron chi connectivity index (χ0n) is 11.5. The van der Waals surface area contributed by atoms with Gasteiger partial charge in [-0.3, -0.25) is 0 Å². The highest BCUT2D eigenvalue weighted by Gasteiger charge is 2.21. The van der Waals surface area contributed by atoms with Gasteiger partial charge in [-0.2, -0.15) is 0 Å². The number of hydrogen-bond donors (Lipinski definition) is 1. The van der Waals surface area contributed by atoms with Crippen molar-refractivity contribution in [2.75, 3.05) is 12.9 Å². The monoisotopic (exact) mass is 325 g/mol. The van der Waals surface area contributed by atoms with Crippen LogP contribution in [0.2, 0.25) is 5.02 Å². The maximum absolute atomic E-state index is 12.4. The lowest BCUT2D eigenvalue weighted by Gasteiger charge is -2.15. The molecule has 0 spiro atoms. The number of para-hydroxylation sites is 1. The van der Waals surface area contributed by atoms with Gasteiger partial charge in [-0.05, 0) is 30.3 Å². The average Bonchev–Trinajstić information content (AvgIpc) is 2.47. The van der Waals surface area contributed by atoms with Crippen molar-refractivity contribution in [1.82, 2.24) is 0 Å². The summed E-state index contributed by atoms with van der Waals surface area (Å²) in [5, 5.41) is 0.489. The Balaban J connectivity index is 2.25. The van der Waals surface area contributed by atoms with Gasteiger partial charge in [0.25, 0.3) is 0 Å². The molecule has 0 aliphatic rings. The molecule has 112 valence electrons. The highest BCUT2D eigenvalue weighted by molar-refractivity contribution is 7.91. The van der Waals surface area contributed by atoms with Crippen LogP contribution in [0.3, 0.4) is 0 Å². The van der Waals surface area contributed by atoms with Gasteiger partial charge in [-0.1, -0.05) is 29.8 Å². The SMILES string of the molecule is COc1ccccc1C(N)CS(=O)(=O)c1ccc(Cl)cc1. The molecule has 0 saturated heterocycles. The summed E-state index contributed by atoms with van der Waals surface area (Å²) in [6.45, 7) is 0. The highest BCUT2D eigenvalue weighted by Crippen LogP contribution is 2.26. The van der Waals surface area contributed by atoms with Gasteiger partial charge in [0.2, 0.25) is 0 Å². The summed E-state index contributed by atoms with van der Waals surface area (Å²) in [7, 11) is -1.96. The molecule has 0 aliphatic heterocycles. The van der Waals surface area contributed by atoms with E-state index in [1.54, 1.807) is 30.3 Å². The molecule has 4 nitrogen and oxygen atoms in total. The van der Waals surface area contributed by atoms with Gasteiger partial charge in [-0.15, -0.1) is 0 Å². The molecular weight excluding hydrogens is 310 g/mol. The molecule has 0 bridgehead atoms. The van der Waals surface area contributed by atoms with E-state index in [-0.39, 0.29) is 10.6 Å². The summed E-state index contributed by atoms with van der Waals surface area (Å²) in [5.74, 6) is 0.381. The predicted octanol–water partition coefficient (Wildman–Crippen LogP) is 2.82. The average molecular weight is 326 g/mol. The van der Waals surface area contributed by atoms with Crippen LogP contribution in [0.1, 0.15) is 11.6 Å². The minimum Gasteiger partial charge on any atom is -0.496 e. The first-order valence-corrected chi connectivity index (χ1v) is 8.34. The first-order valence-electron chi connectivity index (χ1n) is 6.31. The molecule has 0 radical (unpaired) electrons. The van der Waals surface area contributed by atoms with E-state index in [9.17, 15) is 8.42 Å². The van der Waals surface area contributed by atoms with E-state index in [0.29, 0.717) is 16.3 Å². The number of nitrogens with two attached hydrogens (primary N) is 1. The third-order valence-electron chi connectivity index (χ3n) is 3.11. The lowest BCUT2D eigenvalue weighted by molar-refractivity contribution is 0.407. The standard InChI is InChI=1S/C15H16ClNO3S/c1-20-15-5-3-2-4-13(15)14(17)10-21(18,19)12-8-6-11(16)7-9-12/h2-9,14H,10,17H2,1H3. The molecule has 0 heterocycles. The highest BCUT2D eigenvalue weighted by atomic mass is 35.5. The van der Waals surface area contributed by atoms with Crippen molar-refractivity contribution in [3.05, 3.63) is 59.1 Å². The lowest BCUT2D eigenvalue weighted by atomic mass is 10.1. The normalized spacial score (nSPS) is 12.9. The summed E-state index contributed by atoms with van der Waals surface area (Å²) in [4.78, 5) is 0.206. The van der Waals surface area contributed by atoms with Crippen LogP contribution in [0.25, 0.3) is 0 Å². The summed E-state index contributed by atoms with van der Waals surface area (Å²) in [6.07, 6.45) is 0. The Labute approximate surface area is 129 Å². The van der Waals surface area contributed by atoms with Crippen LogP contribution in [-0.2, 0) is 9.84 Å². The molecule has 1 unspecified atom stereocenters. The minimum absolute atomic E-state index is 0.199. The summed E-state index contributed by atoms with van der Waals surface area (Å²) in [6, 6.07) is 12.5. The minimum atomic E-state index is -3.49. The van der Waals surface area contributed by atoms with Crippen LogP contribution < -0.4 is 10.5 Å². The van der Waals surface area contributed by atoms with Gasteiger partial charge in [-0.25, -0.2) is 8.42 Å². The number of sulfone groups is 1. The molecule has 2 N–H and O–H groups in total. The number of methoxy groups -OCH3 is 1. The molecule has 0 amide bonds. The van der Waals surface area contributed by atoms with Crippen molar-refractivity contribution >= 4 is 21.4 Å². The van der Waals surface area contributed by atoms with Crippen molar-refractivity contribution in [3.8, 4) is 5.75 Å². The molecule has 0 fully saturated rings. The van der Waals surface area contributed by atoms with Crippen LogP contribution in [0.4, 0.5) is 0 Å². The quantitative estimate of drug-likeness (QED) is 0.917. The zero-order chi connectivity index (χ0) is 15.5. The Hall–Kier alpha value is -1.56. The van der Waals surface area contributed by atoms with Crippen LogP contribution in [0.5, 0.6) is 5.75 Å². The van der Waals surface area contributed by atoms with Gasteiger partial charge in [0.1, 0.15) is 5.75 Å². The van der Waals surface area contributed by atoms with E-state index in [2.05, 4.69) is 0 Å². The topological polar surface area (TPSA) is 69.4 Å². The van der Waals surface area contributed by atoms with Gasteiger partial charge in [0.05, 0.1) is 17.8 Å². The van der Waals surface area contributed by atoms with Gasteiger partial charge in [0, 0.05) is 16.6 Å². The van der Waals surface area contributed by atoms with Crippen LogP contribution in [0.15, 0.2) is 53.4 Å². The molecule has 6 heteroatoms. The fourth-order valence-electron chi connectivity index (χ4n) is 2.04. The van der Waals surface area contributed by atoms with Crippen LogP contribution in [-0.4, -0.2) is 21.3 Å². The van der Waals surface area contributed by atoms with E-state index in [0.717, 1.165) is 0 Å². The van der Waals surface area contributed by atoms with E-state index < -0.39 is 15.9 Å². The molecule has 1 atom stereocenters. The number of hydrogen-bond acceptors (Lipinski definition) is 4. The van der Waals surface area contributed by atoms with Crippen molar-refractivity contribution in [1.29, 1.82) is 0 Å². The maximum Gasteiger partial charge on any atom is 0.180 e. The second-order valence-electron chi connectivity index (χ2n) is 4.58. The first-order chi connectivity index (χ1) is 9.94. The molecular formula is C15H16ClNO3S. The molecule has 2 aromatic rings. The smallest absolute Gasteiger partial charge is 0.180 e. The number of benzene rings is 2. The van der Waals surface area contributed by atoms with Crippen molar-refractivity contribution in [3.63, 3.8) is 0 Å². The predicted molar refractivity (Wildman–Crippen MR) is 83.4 cm³/mol. The van der Waals surface area contributed by atoms with Gasteiger partial charge < -0.3 is 10.5 Å². The molecule has 2 aromatic carbocycles. The van der Waals surface area contributed by atoms with Crippen molar-refractivity contribution in [2.24, 2.45) is 5.73 Å². The van der Waals surface area contributed by atoms with Gasteiger partial charge in [0.15, 0.2) is 9.84 Å². The van der Waals surface area contributed by atoms with Gasteiger partial charge >= 0.3 is 0 Å². The molecule has 0 aromatic heterocycles. The molecule has 2 rings (SSSR count). The van der Waals surface area contributed by atoms with Crippen LogP contribution >= 0.6 is 11.6 Å². The Morgan fingerprint density at radius 1 is 1.14 bits per heavy atom. The zero-order valence-corrected chi connectivity index (χ0v) is 13.1.